The summed E-state index contributed by atoms with van der Waals surface area (Å²) in [6.07, 6.45) is -3.47. The molecular weight excluding hydrogens is 486 g/mol. The molecule has 0 saturated heterocycles. The number of nitrogens with zero attached hydrogens (tertiary/aromatic N) is 4. The summed E-state index contributed by atoms with van der Waals surface area (Å²) < 4.78 is 42.1. The van der Waals surface area contributed by atoms with E-state index in [1.165, 1.54) is 23.2 Å². The maximum Gasteiger partial charge on any atom is 0.471 e. The van der Waals surface area contributed by atoms with Crippen LogP contribution in [0.25, 0.3) is 11.4 Å². The lowest BCUT2D eigenvalue weighted by molar-refractivity contribution is -0.159. The monoisotopic (exact) mass is 497 g/mol. The minimum Gasteiger partial charge on any atom is -0.364 e. The van der Waals surface area contributed by atoms with Crippen molar-refractivity contribution >= 4 is 40.3 Å². The molecule has 2 aromatic heterocycles. The van der Waals surface area contributed by atoms with E-state index in [1.807, 2.05) is 0 Å². The fraction of sp³-hybridized carbons (Fsp3) is 0.150. The van der Waals surface area contributed by atoms with Crippen LogP contribution in [0.2, 0.25) is 10.0 Å². The molecule has 1 N–H and O–H groups in total. The van der Waals surface area contributed by atoms with Crippen LogP contribution in [0.3, 0.4) is 0 Å². The number of hydrogen-bond acceptors (Lipinski definition) is 8. The summed E-state index contributed by atoms with van der Waals surface area (Å²) in [5.41, 5.74) is -0.264. The van der Waals surface area contributed by atoms with E-state index in [1.54, 1.807) is 25.2 Å². The second-order valence-corrected chi connectivity index (χ2v) is 7.73. The Morgan fingerprint density at radius 1 is 1.06 bits per heavy atom. The van der Waals surface area contributed by atoms with Crippen molar-refractivity contribution < 1.29 is 17.7 Å². The van der Waals surface area contributed by atoms with Gasteiger partial charge in [0, 0.05) is 18.8 Å². The third kappa shape index (κ3) is 4.41. The van der Waals surface area contributed by atoms with E-state index >= 15 is 0 Å². The zero-order valence-corrected chi connectivity index (χ0v) is 18.1. The van der Waals surface area contributed by atoms with Crippen LogP contribution in [-0.4, -0.2) is 22.2 Å². The molecule has 13 heteroatoms. The summed E-state index contributed by atoms with van der Waals surface area (Å²) in [5.74, 6) is -1.72. The van der Waals surface area contributed by atoms with Crippen molar-refractivity contribution in [1.29, 1.82) is 0 Å². The van der Waals surface area contributed by atoms with Gasteiger partial charge in [0.25, 0.3) is 10.9 Å². The standard InChI is InChI=1S/C20H12Cl2F3N5O3/c1-30(15-14(16(31)17(15)32)27-13-11(21)3-2-4-12(13)22)8-10-6-5-9(7-26-10)18-28-19(33-29-18)20(23,24)25/h2-7,27H,8H2,1H3. The molecule has 0 aliphatic rings. The molecule has 4 rings (SSSR count). The highest BCUT2D eigenvalue weighted by Crippen LogP contribution is 2.34. The summed E-state index contributed by atoms with van der Waals surface area (Å²) >= 11 is 12.2. The van der Waals surface area contributed by atoms with Crippen LogP contribution < -0.4 is 21.1 Å². The SMILES string of the molecule is CN(Cc1ccc(-c2noc(C(F)(F)F)n2)cn1)c1c(Nc2c(Cl)cccc2Cl)c(=O)c1=O. The van der Waals surface area contributed by atoms with Gasteiger partial charge < -0.3 is 14.7 Å². The lowest BCUT2D eigenvalue weighted by atomic mass is 10.1. The van der Waals surface area contributed by atoms with Crippen molar-refractivity contribution in [2.45, 2.75) is 12.7 Å². The number of halogens is 5. The molecule has 8 nitrogen and oxygen atoms in total. The Balaban J connectivity index is 1.52. The van der Waals surface area contributed by atoms with Crippen LogP contribution in [0.4, 0.5) is 30.2 Å². The van der Waals surface area contributed by atoms with Crippen LogP contribution in [-0.2, 0) is 12.7 Å². The van der Waals surface area contributed by atoms with Gasteiger partial charge in [-0.15, -0.1) is 0 Å². The third-order valence-electron chi connectivity index (χ3n) is 4.63. The first-order chi connectivity index (χ1) is 15.6. The molecule has 0 aliphatic carbocycles. The molecule has 170 valence electrons. The zero-order chi connectivity index (χ0) is 23.9. The molecule has 0 amide bonds. The van der Waals surface area contributed by atoms with Gasteiger partial charge in [0.15, 0.2) is 0 Å². The summed E-state index contributed by atoms with van der Waals surface area (Å²) in [5, 5.41) is 6.67. The minimum absolute atomic E-state index is 0.0422. The van der Waals surface area contributed by atoms with Crippen LogP contribution in [0.15, 0.2) is 50.6 Å². The van der Waals surface area contributed by atoms with Crippen molar-refractivity contribution in [3.63, 3.8) is 0 Å². The van der Waals surface area contributed by atoms with Crippen LogP contribution in [0.1, 0.15) is 11.6 Å². The number of aromatic nitrogens is 3. The van der Waals surface area contributed by atoms with Gasteiger partial charge >= 0.3 is 12.1 Å². The maximum atomic E-state index is 12.6. The van der Waals surface area contributed by atoms with Crippen LogP contribution in [0.5, 0.6) is 0 Å². The Hall–Kier alpha value is -3.44. The summed E-state index contributed by atoms with van der Waals surface area (Å²) in [6.45, 7) is 0.121. The van der Waals surface area contributed by atoms with E-state index in [9.17, 15) is 22.8 Å². The molecule has 0 saturated carbocycles. The number of nitrogens with one attached hydrogen (secondary N) is 1. The molecule has 0 unspecified atom stereocenters. The Morgan fingerprint density at radius 2 is 1.76 bits per heavy atom. The van der Waals surface area contributed by atoms with Crippen molar-refractivity contribution in [1.82, 2.24) is 15.1 Å². The molecular formula is C20H12Cl2F3N5O3. The van der Waals surface area contributed by atoms with E-state index in [0.29, 0.717) is 11.4 Å². The predicted octanol–water partition coefficient (Wildman–Crippen LogP) is 4.43. The van der Waals surface area contributed by atoms with Crippen LogP contribution in [0, 0.1) is 0 Å². The van der Waals surface area contributed by atoms with Gasteiger partial charge in [0.2, 0.25) is 5.82 Å². The third-order valence-corrected chi connectivity index (χ3v) is 5.26. The number of para-hydroxylation sites is 1. The van der Waals surface area contributed by atoms with E-state index < -0.39 is 22.9 Å². The summed E-state index contributed by atoms with van der Waals surface area (Å²) in [6, 6.07) is 7.79. The lowest BCUT2D eigenvalue weighted by Crippen LogP contribution is -2.40. The number of hydrogen-bond donors (Lipinski definition) is 1. The number of pyridine rings is 1. The minimum atomic E-state index is -4.75. The van der Waals surface area contributed by atoms with E-state index in [2.05, 4.69) is 25.0 Å². The van der Waals surface area contributed by atoms with Gasteiger partial charge in [0.05, 0.1) is 28.0 Å². The Kier molecular flexibility index (Phi) is 5.85. The van der Waals surface area contributed by atoms with E-state index in [0.717, 1.165) is 0 Å². The molecule has 0 aliphatic heterocycles. The Labute approximate surface area is 193 Å². The van der Waals surface area contributed by atoms with Crippen molar-refractivity contribution in [3.8, 4) is 11.4 Å². The normalized spacial score (nSPS) is 11.7. The van der Waals surface area contributed by atoms with E-state index in [-0.39, 0.29) is 39.4 Å². The average molecular weight is 498 g/mol. The largest absolute Gasteiger partial charge is 0.471 e. The molecule has 2 heterocycles. The van der Waals surface area contributed by atoms with Crippen molar-refractivity contribution in [2.24, 2.45) is 0 Å². The number of anilines is 3. The van der Waals surface area contributed by atoms with E-state index in [4.69, 9.17) is 23.2 Å². The molecule has 0 bridgehead atoms. The predicted molar refractivity (Wildman–Crippen MR) is 116 cm³/mol. The van der Waals surface area contributed by atoms with Gasteiger partial charge in [-0.2, -0.15) is 18.2 Å². The average Bonchev–Trinajstić information content (AvgIpc) is 3.26. The molecule has 33 heavy (non-hydrogen) atoms. The second kappa shape index (κ2) is 8.49. The van der Waals surface area contributed by atoms with Gasteiger partial charge in [-0.05, 0) is 24.3 Å². The number of benzene rings is 1. The highest BCUT2D eigenvalue weighted by Gasteiger charge is 2.38. The fourth-order valence-electron chi connectivity index (χ4n) is 3.03. The zero-order valence-electron chi connectivity index (χ0n) is 16.6. The highest BCUT2D eigenvalue weighted by molar-refractivity contribution is 6.39. The molecule has 0 atom stereocenters. The molecule has 4 aromatic rings. The van der Waals surface area contributed by atoms with Gasteiger partial charge in [-0.25, -0.2) is 0 Å². The molecule has 0 spiro atoms. The first-order valence-electron chi connectivity index (χ1n) is 9.18. The van der Waals surface area contributed by atoms with Crippen LogP contribution >= 0.6 is 23.2 Å². The molecule has 2 aromatic carbocycles. The van der Waals surface area contributed by atoms with Crippen molar-refractivity contribution in [3.05, 3.63) is 78.6 Å². The van der Waals surface area contributed by atoms with Gasteiger partial charge in [0.1, 0.15) is 11.4 Å². The highest BCUT2D eigenvalue weighted by atomic mass is 35.5. The molecule has 0 radical (unpaired) electrons. The maximum absolute atomic E-state index is 12.6. The first kappa shape index (κ1) is 22.7. The fourth-order valence-corrected chi connectivity index (χ4v) is 3.52. The Bertz CT molecular complexity index is 1380. The second-order valence-electron chi connectivity index (χ2n) is 6.92. The lowest BCUT2D eigenvalue weighted by Gasteiger charge is -2.24. The molecule has 0 fully saturated rings. The van der Waals surface area contributed by atoms with Crippen molar-refractivity contribution in [2.75, 3.05) is 17.3 Å². The Morgan fingerprint density at radius 3 is 2.33 bits per heavy atom. The number of rotatable bonds is 6. The van der Waals surface area contributed by atoms with Gasteiger partial charge in [-0.3, -0.25) is 14.6 Å². The quantitative estimate of drug-likeness (QED) is 0.390. The number of alkyl halides is 3. The first-order valence-corrected chi connectivity index (χ1v) is 9.93. The summed E-state index contributed by atoms with van der Waals surface area (Å²) in [7, 11) is 1.58. The van der Waals surface area contributed by atoms with Gasteiger partial charge in [-0.1, -0.05) is 34.4 Å². The smallest absolute Gasteiger partial charge is 0.364 e. The summed E-state index contributed by atoms with van der Waals surface area (Å²) in [4.78, 5) is 33.3. The topological polar surface area (TPSA) is 101 Å².